The lowest BCUT2D eigenvalue weighted by atomic mass is 10.2. The van der Waals surface area contributed by atoms with E-state index in [2.05, 4.69) is 10.5 Å². The highest BCUT2D eigenvalue weighted by molar-refractivity contribution is 5.80. The van der Waals surface area contributed by atoms with Crippen LogP contribution in [-0.2, 0) is 13.2 Å². The van der Waals surface area contributed by atoms with Crippen LogP contribution in [0, 0.1) is 10.1 Å². The van der Waals surface area contributed by atoms with Crippen molar-refractivity contribution in [1.29, 1.82) is 0 Å². The number of nitrogens with one attached hydrogen (secondary N) is 1. The Labute approximate surface area is 180 Å². The summed E-state index contributed by atoms with van der Waals surface area (Å²) in [5.74, 6) is 1.94. The fourth-order valence-electron chi connectivity index (χ4n) is 2.86. The first-order valence-corrected chi connectivity index (χ1v) is 9.52. The van der Waals surface area contributed by atoms with Gasteiger partial charge < -0.3 is 19.6 Å². The number of ether oxygens (including phenoxy) is 3. The van der Waals surface area contributed by atoms with Crippen LogP contribution in [-0.4, -0.2) is 25.4 Å². The SMILES string of the molecule is COc1ccccc1CN/N=C/c1ccc(OCc2ccc([N+](=O)[O-])cc2)c(OC)c1. The van der Waals surface area contributed by atoms with E-state index in [0.717, 1.165) is 22.4 Å². The van der Waals surface area contributed by atoms with E-state index in [9.17, 15) is 10.1 Å². The van der Waals surface area contributed by atoms with Crippen molar-refractivity contribution in [3.8, 4) is 17.2 Å². The molecule has 160 valence electrons. The van der Waals surface area contributed by atoms with Gasteiger partial charge in [-0.3, -0.25) is 10.1 Å². The van der Waals surface area contributed by atoms with Crippen molar-refractivity contribution in [2.75, 3.05) is 14.2 Å². The van der Waals surface area contributed by atoms with Crippen LogP contribution in [0.1, 0.15) is 16.7 Å². The van der Waals surface area contributed by atoms with E-state index in [1.54, 1.807) is 38.6 Å². The van der Waals surface area contributed by atoms with Gasteiger partial charge in [-0.2, -0.15) is 5.10 Å². The molecule has 3 aromatic carbocycles. The summed E-state index contributed by atoms with van der Waals surface area (Å²) in [6.45, 7) is 0.802. The smallest absolute Gasteiger partial charge is 0.269 e. The molecule has 0 spiro atoms. The van der Waals surface area contributed by atoms with E-state index in [0.29, 0.717) is 18.0 Å². The molecule has 8 nitrogen and oxygen atoms in total. The molecule has 1 N–H and O–H groups in total. The fraction of sp³-hybridized carbons (Fsp3) is 0.174. The molecular formula is C23H23N3O5. The average Bonchev–Trinajstić information content (AvgIpc) is 2.81. The fourth-order valence-corrected chi connectivity index (χ4v) is 2.86. The second kappa shape index (κ2) is 10.6. The zero-order chi connectivity index (χ0) is 22.1. The topological polar surface area (TPSA) is 95.2 Å². The van der Waals surface area contributed by atoms with Gasteiger partial charge >= 0.3 is 0 Å². The zero-order valence-electron chi connectivity index (χ0n) is 17.3. The van der Waals surface area contributed by atoms with Crippen molar-refractivity contribution in [3.05, 3.63) is 93.5 Å². The van der Waals surface area contributed by atoms with Crippen LogP contribution in [0.4, 0.5) is 5.69 Å². The summed E-state index contributed by atoms with van der Waals surface area (Å²) in [5, 5.41) is 15.0. The molecule has 0 unspecified atom stereocenters. The molecule has 0 amide bonds. The largest absolute Gasteiger partial charge is 0.496 e. The molecule has 31 heavy (non-hydrogen) atoms. The van der Waals surface area contributed by atoms with Crippen LogP contribution in [0.3, 0.4) is 0 Å². The Kier molecular flexibility index (Phi) is 7.42. The lowest BCUT2D eigenvalue weighted by Gasteiger charge is -2.11. The minimum absolute atomic E-state index is 0.0456. The first-order valence-electron chi connectivity index (χ1n) is 9.52. The molecule has 0 atom stereocenters. The average molecular weight is 421 g/mol. The number of non-ortho nitro benzene ring substituents is 1. The number of para-hydroxylation sites is 1. The molecule has 0 saturated carbocycles. The number of benzene rings is 3. The predicted octanol–water partition coefficient (Wildman–Crippen LogP) is 4.31. The molecule has 0 heterocycles. The van der Waals surface area contributed by atoms with Crippen molar-refractivity contribution in [1.82, 2.24) is 5.43 Å². The van der Waals surface area contributed by atoms with E-state index in [1.807, 2.05) is 36.4 Å². The van der Waals surface area contributed by atoms with Crippen LogP contribution in [0.5, 0.6) is 17.2 Å². The molecular weight excluding hydrogens is 398 g/mol. The number of methoxy groups -OCH3 is 2. The zero-order valence-corrected chi connectivity index (χ0v) is 17.3. The van der Waals surface area contributed by atoms with Crippen molar-refractivity contribution >= 4 is 11.9 Å². The maximum atomic E-state index is 10.7. The van der Waals surface area contributed by atoms with Crippen molar-refractivity contribution in [2.45, 2.75) is 13.2 Å². The Balaban J connectivity index is 1.58. The normalized spacial score (nSPS) is 10.6. The van der Waals surface area contributed by atoms with Crippen LogP contribution < -0.4 is 19.6 Å². The van der Waals surface area contributed by atoms with E-state index < -0.39 is 4.92 Å². The van der Waals surface area contributed by atoms with E-state index >= 15 is 0 Å². The van der Waals surface area contributed by atoms with Gasteiger partial charge in [0.1, 0.15) is 12.4 Å². The van der Waals surface area contributed by atoms with Crippen LogP contribution in [0.25, 0.3) is 0 Å². The minimum Gasteiger partial charge on any atom is -0.496 e. The van der Waals surface area contributed by atoms with Gasteiger partial charge in [-0.1, -0.05) is 18.2 Å². The number of nitrogens with zero attached hydrogens (tertiary/aromatic N) is 2. The van der Waals surface area contributed by atoms with Gasteiger partial charge in [0, 0.05) is 17.7 Å². The summed E-state index contributed by atoms with van der Waals surface area (Å²) < 4.78 is 16.6. The van der Waals surface area contributed by atoms with Crippen LogP contribution in [0.15, 0.2) is 71.8 Å². The Hall–Kier alpha value is -4.07. The standard InChI is InChI=1S/C23H23N3O5/c1-29-21-6-4-3-5-19(21)15-25-24-14-18-9-12-22(23(13-18)30-2)31-16-17-7-10-20(11-8-17)26(27)28/h3-14,25H,15-16H2,1-2H3/b24-14+. The van der Waals surface area contributed by atoms with Crippen molar-refractivity contribution in [2.24, 2.45) is 5.10 Å². The highest BCUT2D eigenvalue weighted by atomic mass is 16.6. The van der Waals surface area contributed by atoms with Gasteiger partial charge in [0.05, 0.1) is 31.9 Å². The Morgan fingerprint density at radius 3 is 2.42 bits per heavy atom. The van der Waals surface area contributed by atoms with Gasteiger partial charge in [0.15, 0.2) is 11.5 Å². The summed E-state index contributed by atoms with van der Waals surface area (Å²) in [7, 11) is 3.20. The third-order valence-electron chi connectivity index (χ3n) is 4.50. The summed E-state index contributed by atoms with van der Waals surface area (Å²) >= 11 is 0. The molecule has 3 rings (SSSR count). The van der Waals surface area contributed by atoms with Gasteiger partial charge in [-0.05, 0) is 47.5 Å². The Morgan fingerprint density at radius 2 is 1.71 bits per heavy atom. The van der Waals surface area contributed by atoms with Crippen LogP contribution >= 0.6 is 0 Å². The minimum atomic E-state index is -0.431. The predicted molar refractivity (Wildman–Crippen MR) is 118 cm³/mol. The summed E-state index contributed by atoms with van der Waals surface area (Å²) in [5.41, 5.74) is 5.72. The van der Waals surface area contributed by atoms with Gasteiger partial charge in [0.25, 0.3) is 5.69 Å². The van der Waals surface area contributed by atoms with E-state index in [4.69, 9.17) is 14.2 Å². The first kappa shape index (κ1) is 21.6. The van der Waals surface area contributed by atoms with Gasteiger partial charge in [0.2, 0.25) is 0 Å². The highest BCUT2D eigenvalue weighted by Crippen LogP contribution is 2.28. The monoisotopic (exact) mass is 421 g/mol. The molecule has 0 radical (unpaired) electrons. The van der Waals surface area contributed by atoms with Crippen LogP contribution in [0.2, 0.25) is 0 Å². The number of nitro groups is 1. The van der Waals surface area contributed by atoms with Gasteiger partial charge in [-0.25, -0.2) is 0 Å². The molecule has 0 bridgehead atoms. The molecule has 3 aromatic rings. The number of hydrogen-bond donors (Lipinski definition) is 1. The molecule has 0 aliphatic heterocycles. The number of rotatable bonds is 10. The summed E-state index contributed by atoms with van der Waals surface area (Å²) in [6.07, 6.45) is 1.69. The van der Waals surface area contributed by atoms with Crippen molar-refractivity contribution < 1.29 is 19.1 Å². The molecule has 0 aromatic heterocycles. The molecule has 0 aliphatic carbocycles. The Morgan fingerprint density at radius 1 is 0.968 bits per heavy atom. The summed E-state index contributed by atoms with van der Waals surface area (Å²) in [4.78, 5) is 10.3. The Bertz CT molecular complexity index is 1050. The molecule has 0 saturated heterocycles. The lowest BCUT2D eigenvalue weighted by molar-refractivity contribution is -0.384. The first-order chi connectivity index (χ1) is 15.1. The second-order valence-electron chi connectivity index (χ2n) is 6.53. The van der Waals surface area contributed by atoms with E-state index in [1.165, 1.54) is 12.1 Å². The quantitative estimate of drug-likeness (QED) is 0.298. The van der Waals surface area contributed by atoms with E-state index in [-0.39, 0.29) is 12.3 Å². The lowest BCUT2D eigenvalue weighted by Crippen LogP contribution is -2.07. The summed E-state index contributed by atoms with van der Waals surface area (Å²) in [6, 6.07) is 19.5. The second-order valence-corrected chi connectivity index (χ2v) is 6.53. The number of hydrazone groups is 1. The molecule has 0 fully saturated rings. The maximum Gasteiger partial charge on any atom is 0.269 e. The maximum absolute atomic E-state index is 10.7. The van der Waals surface area contributed by atoms with Gasteiger partial charge in [-0.15, -0.1) is 0 Å². The third kappa shape index (κ3) is 5.96. The molecule has 8 heteroatoms. The number of hydrogen-bond acceptors (Lipinski definition) is 7. The van der Waals surface area contributed by atoms with Crippen molar-refractivity contribution in [3.63, 3.8) is 0 Å². The number of nitro benzene ring substituents is 1. The third-order valence-corrected chi connectivity index (χ3v) is 4.50. The highest BCUT2D eigenvalue weighted by Gasteiger charge is 2.08. The molecule has 0 aliphatic rings.